The molecule has 0 aromatic heterocycles. The fourth-order valence-electron chi connectivity index (χ4n) is 1.77. The molecule has 0 radical (unpaired) electrons. The maximum absolute atomic E-state index is 12.3. The number of rotatable bonds is 5. The molecule has 0 aromatic rings. The normalized spacial score (nSPS) is 17.2. The number of hydrogen-bond acceptors (Lipinski definition) is 4. The quantitative estimate of drug-likeness (QED) is 0.702. The Morgan fingerprint density at radius 1 is 1.26 bits per heavy atom. The molecule has 0 atom stereocenters. The Morgan fingerprint density at radius 2 is 1.84 bits per heavy atom. The van der Waals surface area contributed by atoms with Crippen molar-refractivity contribution in [2.24, 2.45) is 0 Å². The molecule has 1 saturated heterocycles. The maximum Gasteiger partial charge on any atom is 0.406 e. The van der Waals surface area contributed by atoms with Gasteiger partial charge in [0.2, 0.25) is 5.91 Å². The third-order valence-electron chi connectivity index (χ3n) is 2.62. The first-order valence-corrected chi connectivity index (χ1v) is 5.77. The second kappa shape index (κ2) is 6.71. The van der Waals surface area contributed by atoms with Gasteiger partial charge < -0.3 is 15.3 Å². The Labute approximate surface area is 108 Å². The third kappa shape index (κ3) is 6.39. The molecule has 1 heterocycles. The molecule has 2 N–H and O–H groups in total. The smallest absolute Gasteiger partial charge is 0.406 e. The first kappa shape index (κ1) is 15.7. The minimum atomic E-state index is -4.60. The van der Waals surface area contributed by atoms with E-state index in [9.17, 15) is 22.8 Å². The number of nitrogens with one attached hydrogen (secondary N) is 1. The molecule has 110 valence electrons. The van der Waals surface area contributed by atoms with Crippen molar-refractivity contribution in [2.45, 2.75) is 6.18 Å². The van der Waals surface area contributed by atoms with Crippen LogP contribution in [0.2, 0.25) is 0 Å². The number of carbonyl (C=O) groups excluding carboxylic acids is 1. The summed E-state index contributed by atoms with van der Waals surface area (Å²) in [7, 11) is 0. The van der Waals surface area contributed by atoms with Crippen molar-refractivity contribution in [2.75, 3.05) is 45.8 Å². The van der Waals surface area contributed by atoms with Gasteiger partial charge in [0.15, 0.2) is 0 Å². The summed E-state index contributed by atoms with van der Waals surface area (Å²) in [5.41, 5.74) is 0. The number of piperazine rings is 1. The molecule has 19 heavy (non-hydrogen) atoms. The van der Waals surface area contributed by atoms with Crippen molar-refractivity contribution in [3.63, 3.8) is 0 Å². The number of alkyl halides is 3. The lowest BCUT2D eigenvalue weighted by Gasteiger charge is -2.29. The number of carboxylic acid groups (broad SMARTS) is 1. The highest BCUT2D eigenvalue weighted by molar-refractivity contribution is 5.82. The van der Waals surface area contributed by atoms with Crippen LogP contribution in [0.5, 0.6) is 0 Å². The zero-order valence-electron chi connectivity index (χ0n) is 10.2. The molecule has 1 aliphatic rings. The summed E-state index contributed by atoms with van der Waals surface area (Å²) < 4.78 is 36.9. The summed E-state index contributed by atoms with van der Waals surface area (Å²) >= 11 is 0. The van der Waals surface area contributed by atoms with Crippen LogP contribution in [0.25, 0.3) is 0 Å². The summed E-state index contributed by atoms with van der Waals surface area (Å²) in [5.74, 6) is -2.28. The van der Waals surface area contributed by atoms with E-state index in [1.54, 1.807) is 4.90 Å². The molecule has 0 spiro atoms. The van der Waals surface area contributed by atoms with Crippen LogP contribution in [0.1, 0.15) is 0 Å². The van der Waals surface area contributed by atoms with Crippen molar-refractivity contribution in [3.05, 3.63) is 0 Å². The van der Waals surface area contributed by atoms with Crippen LogP contribution in [-0.2, 0) is 9.59 Å². The summed E-state index contributed by atoms with van der Waals surface area (Å²) in [6, 6.07) is 0. The molecule has 1 amide bonds. The second-order valence-corrected chi connectivity index (χ2v) is 4.28. The summed E-state index contributed by atoms with van der Waals surface area (Å²) in [4.78, 5) is 24.3. The number of halogens is 3. The monoisotopic (exact) mass is 283 g/mol. The van der Waals surface area contributed by atoms with Crippen LogP contribution in [0.4, 0.5) is 13.2 Å². The van der Waals surface area contributed by atoms with E-state index in [1.165, 1.54) is 0 Å². The average Bonchev–Trinajstić information content (AvgIpc) is 2.27. The summed E-state index contributed by atoms with van der Waals surface area (Å²) in [6.45, 7) is -0.242. The number of carbonyl (C=O) groups is 2. The fraction of sp³-hybridized carbons (Fsp3) is 0.800. The minimum Gasteiger partial charge on any atom is -0.480 e. The lowest BCUT2D eigenvalue weighted by Crippen LogP contribution is -2.50. The van der Waals surface area contributed by atoms with Gasteiger partial charge in [-0.2, -0.15) is 13.2 Å². The molecule has 6 nitrogen and oxygen atoms in total. The number of hydrogen-bond donors (Lipinski definition) is 2. The Balaban J connectivity index is 2.56. The van der Waals surface area contributed by atoms with Gasteiger partial charge in [-0.1, -0.05) is 0 Å². The van der Waals surface area contributed by atoms with Gasteiger partial charge in [0.05, 0.1) is 6.54 Å². The van der Waals surface area contributed by atoms with Crippen molar-refractivity contribution in [1.29, 1.82) is 0 Å². The van der Waals surface area contributed by atoms with Gasteiger partial charge in [-0.3, -0.25) is 14.5 Å². The largest absolute Gasteiger partial charge is 0.480 e. The van der Waals surface area contributed by atoms with E-state index < -0.39 is 31.1 Å². The number of nitrogens with zero attached hydrogens (tertiary/aromatic N) is 2. The Hall–Kier alpha value is -1.35. The predicted molar refractivity (Wildman–Crippen MR) is 59.6 cm³/mol. The van der Waals surface area contributed by atoms with E-state index in [2.05, 4.69) is 5.32 Å². The summed E-state index contributed by atoms with van der Waals surface area (Å²) in [5, 5.41) is 11.6. The first-order valence-electron chi connectivity index (χ1n) is 5.77. The van der Waals surface area contributed by atoms with Crippen molar-refractivity contribution >= 4 is 11.9 Å². The minimum absolute atomic E-state index is 0.189. The second-order valence-electron chi connectivity index (χ2n) is 4.28. The lowest BCUT2D eigenvalue weighted by atomic mass is 10.3. The maximum atomic E-state index is 12.3. The number of amides is 1. The summed E-state index contributed by atoms with van der Waals surface area (Å²) in [6.07, 6.45) is -4.60. The molecule has 0 bridgehead atoms. The van der Waals surface area contributed by atoms with E-state index in [1.807, 2.05) is 0 Å². The van der Waals surface area contributed by atoms with Crippen molar-refractivity contribution in [1.82, 2.24) is 15.1 Å². The number of aliphatic carboxylic acids is 1. The topological polar surface area (TPSA) is 72.9 Å². The molecular formula is C10H16F3N3O3. The van der Waals surface area contributed by atoms with Gasteiger partial charge >= 0.3 is 12.1 Å². The molecule has 0 saturated carbocycles. The first-order chi connectivity index (χ1) is 8.78. The van der Waals surface area contributed by atoms with Gasteiger partial charge in [0.25, 0.3) is 0 Å². The highest BCUT2D eigenvalue weighted by Crippen LogP contribution is 2.16. The molecule has 0 aliphatic carbocycles. The van der Waals surface area contributed by atoms with Gasteiger partial charge in [-0.05, 0) is 0 Å². The van der Waals surface area contributed by atoms with Gasteiger partial charge in [-0.25, -0.2) is 0 Å². The lowest BCUT2D eigenvalue weighted by molar-refractivity contribution is -0.166. The third-order valence-corrected chi connectivity index (χ3v) is 2.62. The average molecular weight is 283 g/mol. The molecule has 0 aromatic carbocycles. The van der Waals surface area contributed by atoms with Gasteiger partial charge in [0, 0.05) is 26.2 Å². The van der Waals surface area contributed by atoms with Crippen LogP contribution in [0, 0.1) is 0 Å². The Bertz CT molecular complexity index is 330. The fourth-order valence-corrected chi connectivity index (χ4v) is 1.77. The van der Waals surface area contributed by atoms with E-state index in [0.717, 1.165) is 0 Å². The molecule has 1 rings (SSSR count). The Morgan fingerprint density at radius 3 is 2.32 bits per heavy atom. The highest BCUT2D eigenvalue weighted by Gasteiger charge is 2.34. The molecular weight excluding hydrogens is 267 g/mol. The van der Waals surface area contributed by atoms with Crippen LogP contribution >= 0.6 is 0 Å². The van der Waals surface area contributed by atoms with E-state index >= 15 is 0 Å². The van der Waals surface area contributed by atoms with Crippen LogP contribution in [-0.4, -0.2) is 78.8 Å². The van der Waals surface area contributed by atoms with Crippen LogP contribution < -0.4 is 5.32 Å². The van der Waals surface area contributed by atoms with Gasteiger partial charge in [-0.15, -0.1) is 0 Å². The van der Waals surface area contributed by atoms with E-state index in [4.69, 9.17) is 5.11 Å². The molecule has 1 aliphatic heterocycles. The molecule has 1 fully saturated rings. The van der Waals surface area contributed by atoms with Crippen LogP contribution in [0.15, 0.2) is 0 Å². The number of carboxylic acids is 1. The van der Waals surface area contributed by atoms with Gasteiger partial charge in [0.1, 0.15) is 13.1 Å². The molecule has 9 heteroatoms. The molecule has 0 unspecified atom stereocenters. The van der Waals surface area contributed by atoms with Crippen molar-refractivity contribution < 1.29 is 27.9 Å². The predicted octanol–water partition coefficient (Wildman–Crippen LogP) is -0.633. The van der Waals surface area contributed by atoms with E-state index in [-0.39, 0.29) is 6.54 Å². The van der Waals surface area contributed by atoms with E-state index in [0.29, 0.717) is 31.1 Å². The van der Waals surface area contributed by atoms with Crippen molar-refractivity contribution in [3.8, 4) is 0 Å². The Kier molecular flexibility index (Phi) is 5.55. The zero-order valence-corrected chi connectivity index (χ0v) is 10.2. The standard InChI is InChI=1S/C10H16F3N3O3/c11-10(12,13)7-16(6-9(18)19)8(17)5-15-3-1-14-2-4-15/h14H,1-7H2,(H,18,19). The van der Waals surface area contributed by atoms with Crippen LogP contribution in [0.3, 0.4) is 0 Å². The SMILES string of the molecule is O=C(O)CN(CC(F)(F)F)C(=O)CN1CCNCC1. The zero-order chi connectivity index (χ0) is 14.5. The highest BCUT2D eigenvalue weighted by atomic mass is 19.4.